The van der Waals surface area contributed by atoms with E-state index in [-0.39, 0.29) is 16.8 Å². The molecule has 0 saturated heterocycles. The van der Waals surface area contributed by atoms with Gasteiger partial charge in [-0.15, -0.1) is 0 Å². The summed E-state index contributed by atoms with van der Waals surface area (Å²) in [5.41, 5.74) is 3.38. The fourth-order valence-electron chi connectivity index (χ4n) is 4.75. The Morgan fingerprint density at radius 2 is 1.72 bits per heavy atom. The quantitative estimate of drug-likeness (QED) is 0.767. The highest BCUT2D eigenvalue weighted by atomic mass is 32.2. The number of amides is 1. The van der Waals surface area contributed by atoms with Crippen molar-refractivity contribution in [1.29, 1.82) is 0 Å². The molecule has 29 heavy (non-hydrogen) atoms. The minimum absolute atomic E-state index is 0.138. The van der Waals surface area contributed by atoms with Crippen LogP contribution in [0, 0.1) is 32.6 Å². The van der Waals surface area contributed by atoms with Crippen LogP contribution < -0.4 is 10.0 Å². The van der Waals surface area contributed by atoms with Crippen LogP contribution in [0.4, 0.5) is 5.69 Å². The van der Waals surface area contributed by atoms with Crippen molar-refractivity contribution in [3.63, 3.8) is 0 Å². The van der Waals surface area contributed by atoms with Gasteiger partial charge in [0, 0.05) is 11.6 Å². The first-order valence-corrected chi connectivity index (χ1v) is 11.7. The number of fused-ring (bicyclic) bond motifs is 2. The third kappa shape index (κ3) is 4.04. The zero-order valence-electron chi connectivity index (χ0n) is 17.2. The molecule has 0 aromatic heterocycles. The van der Waals surface area contributed by atoms with Gasteiger partial charge in [0.2, 0.25) is 0 Å². The average Bonchev–Trinajstić information content (AvgIpc) is 3.27. The summed E-state index contributed by atoms with van der Waals surface area (Å²) in [5, 5.41) is 3.14. The number of anilines is 1. The van der Waals surface area contributed by atoms with Crippen molar-refractivity contribution in [3.05, 3.63) is 58.7 Å². The van der Waals surface area contributed by atoms with E-state index in [0.717, 1.165) is 23.5 Å². The van der Waals surface area contributed by atoms with Gasteiger partial charge in [-0.05, 0) is 86.8 Å². The highest BCUT2D eigenvalue weighted by Crippen LogP contribution is 2.44. The van der Waals surface area contributed by atoms with Crippen LogP contribution in [-0.4, -0.2) is 20.4 Å². The molecule has 154 valence electrons. The molecule has 0 unspecified atom stereocenters. The van der Waals surface area contributed by atoms with E-state index in [9.17, 15) is 13.2 Å². The Labute approximate surface area is 173 Å². The molecule has 4 rings (SSSR count). The summed E-state index contributed by atoms with van der Waals surface area (Å²) in [7, 11) is -3.80. The standard InChI is InChI=1S/C23H28N2O3S/c1-14-4-5-15(2)20(10-14)25-29(27,28)22-13-19(8-6-16(22)3)23(26)24-21-12-17-7-9-18(21)11-17/h4-6,8,10,13,17-18,21,25H,7,9,11-12H2,1-3H3,(H,24,26)/t17-,18-,21-/m0/s1. The monoisotopic (exact) mass is 412 g/mol. The zero-order chi connectivity index (χ0) is 20.8. The van der Waals surface area contributed by atoms with Crippen LogP contribution in [-0.2, 0) is 10.0 Å². The maximum atomic E-state index is 13.1. The summed E-state index contributed by atoms with van der Waals surface area (Å²) < 4.78 is 28.8. The molecule has 0 spiro atoms. The first-order chi connectivity index (χ1) is 13.7. The molecule has 1 amide bonds. The van der Waals surface area contributed by atoms with Crippen molar-refractivity contribution >= 4 is 21.6 Å². The van der Waals surface area contributed by atoms with Crippen molar-refractivity contribution in [2.45, 2.75) is 57.4 Å². The lowest BCUT2D eigenvalue weighted by Gasteiger charge is -2.23. The Morgan fingerprint density at radius 3 is 2.41 bits per heavy atom. The van der Waals surface area contributed by atoms with Gasteiger partial charge in [-0.1, -0.05) is 24.6 Å². The Balaban J connectivity index is 1.57. The van der Waals surface area contributed by atoms with Crippen LogP contribution >= 0.6 is 0 Å². The minimum Gasteiger partial charge on any atom is -0.349 e. The lowest BCUT2D eigenvalue weighted by Crippen LogP contribution is -2.38. The first kappa shape index (κ1) is 20.0. The Hall–Kier alpha value is -2.34. The number of carbonyl (C=O) groups is 1. The van der Waals surface area contributed by atoms with Crippen LogP contribution in [0.2, 0.25) is 0 Å². The number of sulfonamides is 1. The number of aryl methyl sites for hydroxylation is 3. The van der Waals surface area contributed by atoms with E-state index in [0.29, 0.717) is 22.7 Å². The molecule has 2 saturated carbocycles. The molecule has 2 aliphatic rings. The van der Waals surface area contributed by atoms with Gasteiger partial charge < -0.3 is 5.32 Å². The van der Waals surface area contributed by atoms with Crippen molar-refractivity contribution < 1.29 is 13.2 Å². The van der Waals surface area contributed by atoms with Gasteiger partial charge in [0.05, 0.1) is 10.6 Å². The second kappa shape index (κ2) is 7.48. The summed E-state index contributed by atoms with van der Waals surface area (Å²) in [5.74, 6) is 1.12. The molecule has 2 N–H and O–H groups in total. The van der Waals surface area contributed by atoms with Crippen molar-refractivity contribution in [2.24, 2.45) is 11.8 Å². The van der Waals surface area contributed by atoms with Crippen LogP contribution in [0.5, 0.6) is 0 Å². The lowest BCUT2D eigenvalue weighted by molar-refractivity contribution is 0.0922. The van der Waals surface area contributed by atoms with E-state index < -0.39 is 10.0 Å². The Morgan fingerprint density at radius 1 is 0.966 bits per heavy atom. The molecule has 2 aliphatic carbocycles. The molecule has 2 aromatic rings. The number of hydrogen-bond acceptors (Lipinski definition) is 3. The van der Waals surface area contributed by atoms with Gasteiger partial charge >= 0.3 is 0 Å². The smallest absolute Gasteiger partial charge is 0.262 e. The normalized spacial score (nSPS) is 23.2. The van der Waals surface area contributed by atoms with E-state index in [1.165, 1.54) is 25.3 Å². The number of benzene rings is 2. The maximum absolute atomic E-state index is 13.1. The van der Waals surface area contributed by atoms with Gasteiger partial charge in [0.1, 0.15) is 0 Å². The summed E-state index contributed by atoms with van der Waals surface area (Å²) in [6.07, 6.45) is 4.71. The minimum atomic E-state index is -3.80. The summed E-state index contributed by atoms with van der Waals surface area (Å²) >= 11 is 0. The predicted octanol–water partition coefficient (Wildman–Crippen LogP) is 4.33. The molecule has 2 fully saturated rings. The van der Waals surface area contributed by atoms with Crippen LogP contribution in [0.15, 0.2) is 41.3 Å². The van der Waals surface area contributed by atoms with Crippen LogP contribution in [0.1, 0.15) is 52.7 Å². The molecule has 0 radical (unpaired) electrons. The van der Waals surface area contributed by atoms with E-state index in [1.54, 1.807) is 19.1 Å². The molecule has 2 aromatic carbocycles. The third-order valence-electron chi connectivity index (χ3n) is 6.43. The van der Waals surface area contributed by atoms with Crippen LogP contribution in [0.25, 0.3) is 0 Å². The molecule has 3 atom stereocenters. The Bertz CT molecular complexity index is 1060. The summed E-state index contributed by atoms with van der Waals surface area (Å²) in [4.78, 5) is 12.9. The second-order valence-corrected chi connectivity index (χ2v) is 10.3. The van der Waals surface area contributed by atoms with Crippen molar-refractivity contribution in [2.75, 3.05) is 4.72 Å². The van der Waals surface area contributed by atoms with Gasteiger partial charge in [0.15, 0.2) is 0 Å². The SMILES string of the molecule is Cc1ccc(C)c(NS(=O)(=O)c2cc(C(=O)N[C@H]3C[C@H]4CC[C@H]3C4)ccc2C)c1. The number of hydrogen-bond donors (Lipinski definition) is 2. The van der Waals surface area contributed by atoms with Gasteiger partial charge in [-0.25, -0.2) is 8.42 Å². The largest absolute Gasteiger partial charge is 0.349 e. The molecular weight excluding hydrogens is 384 g/mol. The fraction of sp³-hybridized carbons (Fsp3) is 0.435. The maximum Gasteiger partial charge on any atom is 0.262 e. The average molecular weight is 413 g/mol. The number of rotatable bonds is 5. The second-order valence-electron chi connectivity index (χ2n) is 8.66. The van der Waals surface area contributed by atoms with Gasteiger partial charge in [-0.3, -0.25) is 9.52 Å². The zero-order valence-corrected chi connectivity index (χ0v) is 18.0. The predicted molar refractivity (Wildman–Crippen MR) is 115 cm³/mol. The Kier molecular flexibility index (Phi) is 5.15. The fourth-order valence-corrected chi connectivity index (χ4v) is 6.14. The molecule has 0 heterocycles. The van der Waals surface area contributed by atoms with E-state index in [4.69, 9.17) is 0 Å². The number of carbonyl (C=O) groups excluding carboxylic acids is 1. The first-order valence-electron chi connectivity index (χ1n) is 10.2. The van der Waals surface area contributed by atoms with E-state index >= 15 is 0 Å². The highest BCUT2D eigenvalue weighted by Gasteiger charge is 2.40. The van der Waals surface area contributed by atoms with Gasteiger partial charge in [-0.2, -0.15) is 0 Å². The summed E-state index contributed by atoms with van der Waals surface area (Å²) in [6, 6.07) is 10.8. The van der Waals surface area contributed by atoms with Crippen molar-refractivity contribution in [3.8, 4) is 0 Å². The molecular formula is C23H28N2O3S. The van der Waals surface area contributed by atoms with Gasteiger partial charge in [0.25, 0.3) is 15.9 Å². The summed E-state index contributed by atoms with van der Waals surface area (Å²) in [6.45, 7) is 5.53. The molecule has 5 nitrogen and oxygen atoms in total. The highest BCUT2D eigenvalue weighted by molar-refractivity contribution is 7.92. The molecule has 2 bridgehead atoms. The van der Waals surface area contributed by atoms with Crippen LogP contribution in [0.3, 0.4) is 0 Å². The topological polar surface area (TPSA) is 75.3 Å². The molecule has 6 heteroatoms. The lowest BCUT2D eigenvalue weighted by atomic mass is 9.95. The van der Waals surface area contributed by atoms with E-state index in [1.807, 2.05) is 32.0 Å². The molecule has 0 aliphatic heterocycles. The van der Waals surface area contributed by atoms with Crippen molar-refractivity contribution in [1.82, 2.24) is 5.32 Å². The van der Waals surface area contributed by atoms with E-state index in [2.05, 4.69) is 10.0 Å². The number of nitrogens with one attached hydrogen (secondary N) is 2. The third-order valence-corrected chi connectivity index (χ3v) is 7.94.